The molecule has 118 valence electrons. The van der Waals surface area contributed by atoms with Crippen LogP contribution in [0.4, 0.5) is 0 Å². The average Bonchev–Trinajstić information content (AvgIpc) is 2.47. The van der Waals surface area contributed by atoms with Crippen LogP contribution in [-0.4, -0.2) is 19.3 Å². The summed E-state index contributed by atoms with van der Waals surface area (Å²) >= 11 is 6.03. The number of ether oxygens (including phenoxy) is 1. The Kier molecular flexibility index (Phi) is 5.34. The van der Waals surface area contributed by atoms with Gasteiger partial charge in [0, 0.05) is 12.1 Å². The molecule has 0 spiro atoms. The fourth-order valence-corrected chi connectivity index (χ4v) is 3.55. The standard InChI is InChI=1S/C18H28ClNO/c1-5-20-16(14-6-8-15(19)9-7-14)18(21-4)12-10-17(2,3)11-13-18/h6-9,16,20H,5,10-13H2,1-4H3. The van der Waals surface area contributed by atoms with Crippen molar-refractivity contribution in [2.75, 3.05) is 13.7 Å². The lowest BCUT2D eigenvalue weighted by Crippen LogP contribution is -2.49. The van der Waals surface area contributed by atoms with Crippen LogP contribution in [0.5, 0.6) is 0 Å². The first kappa shape index (κ1) is 16.8. The van der Waals surface area contributed by atoms with Crippen LogP contribution in [-0.2, 0) is 4.74 Å². The van der Waals surface area contributed by atoms with Gasteiger partial charge in [0.05, 0.1) is 11.6 Å². The van der Waals surface area contributed by atoms with Crippen molar-refractivity contribution in [1.29, 1.82) is 0 Å². The Morgan fingerprint density at radius 1 is 1.14 bits per heavy atom. The zero-order valence-corrected chi connectivity index (χ0v) is 14.5. The molecule has 1 fully saturated rings. The number of hydrogen-bond acceptors (Lipinski definition) is 2. The van der Waals surface area contributed by atoms with E-state index in [1.807, 2.05) is 19.2 Å². The molecule has 1 aromatic rings. The van der Waals surface area contributed by atoms with Gasteiger partial charge in [-0.1, -0.05) is 44.5 Å². The Bertz CT molecular complexity index is 445. The third-order valence-electron chi connectivity index (χ3n) is 4.99. The minimum absolute atomic E-state index is 0.112. The van der Waals surface area contributed by atoms with Crippen molar-refractivity contribution >= 4 is 11.6 Å². The topological polar surface area (TPSA) is 21.3 Å². The predicted octanol–water partition coefficient (Wildman–Crippen LogP) is 4.98. The Balaban J connectivity index is 2.28. The Labute approximate surface area is 134 Å². The van der Waals surface area contributed by atoms with E-state index in [2.05, 4.69) is 38.2 Å². The van der Waals surface area contributed by atoms with Crippen molar-refractivity contribution in [3.05, 3.63) is 34.9 Å². The van der Waals surface area contributed by atoms with Gasteiger partial charge >= 0.3 is 0 Å². The number of likely N-dealkylation sites (N-methyl/N-ethyl adjacent to an activating group) is 1. The number of benzene rings is 1. The van der Waals surface area contributed by atoms with Gasteiger partial charge in [0.2, 0.25) is 0 Å². The summed E-state index contributed by atoms with van der Waals surface area (Å²) in [6.07, 6.45) is 4.60. The van der Waals surface area contributed by atoms with Gasteiger partial charge in [-0.15, -0.1) is 0 Å². The highest BCUT2D eigenvalue weighted by Gasteiger charge is 2.44. The third kappa shape index (κ3) is 3.80. The van der Waals surface area contributed by atoms with E-state index in [1.54, 1.807) is 0 Å². The molecule has 1 saturated carbocycles. The molecule has 1 aliphatic rings. The van der Waals surface area contributed by atoms with E-state index in [9.17, 15) is 0 Å². The molecule has 2 nitrogen and oxygen atoms in total. The van der Waals surface area contributed by atoms with Gasteiger partial charge < -0.3 is 10.1 Å². The maximum atomic E-state index is 6.08. The first-order valence-corrected chi connectivity index (χ1v) is 8.34. The molecule has 3 heteroatoms. The third-order valence-corrected chi connectivity index (χ3v) is 5.25. The van der Waals surface area contributed by atoms with Crippen LogP contribution >= 0.6 is 11.6 Å². The molecule has 0 radical (unpaired) electrons. The van der Waals surface area contributed by atoms with Crippen LogP contribution in [0.1, 0.15) is 58.1 Å². The van der Waals surface area contributed by atoms with Crippen molar-refractivity contribution in [3.63, 3.8) is 0 Å². The summed E-state index contributed by atoms with van der Waals surface area (Å²) < 4.78 is 6.08. The first-order valence-electron chi connectivity index (χ1n) is 7.96. The molecule has 0 heterocycles. The SMILES string of the molecule is CCNC(c1ccc(Cl)cc1)C1(OC)CCC(C)(C)CC1. The minimum atomic E-state index is -0.112. The highest BCUT2D eigenvalue weighted by molar-refractivity contribution is 6.30. The summed E-state index contributed by atoms with van der Waals surface area (Å²) in [5.41, 5.74) is 1.58. The van der Waals surface area contributed by atoms with Crippen LogP contribution < -0.4 is 5.32 Å². The van der Waals surface area contributed by atoms with E-state index in [4.69, 9.17) is 16.3 Å². The van der Waals surface area contributed by atoms with Crippen LogP contribution in [0.15, 0.2) is 24.3 Å². The minimum Gasteiger partial charge on any atom is -0.376 e. The van der Waals surface area contributed by atoms with E-state index in [-0.39, 0.29) is 11.6 Å². The van der Waals surface area contributed by atoms with Crippen LogP contribution in [0.2, 0.25) is 5.02 Å². The molecule has 0 bridgehead atoms. The van der Waals surface area contributed by atoms with E-state index < -0.39 is 0 Å². The molecule has 0 aromatic heterocycles. The van der Waals surface area contributed by atoms with Gasteiger partial charge in [0.25, 0.3) is 0 Å². The molecule has 0 aliphatic heterocycles. The lowest BCUT2D eigenvalue weighted by atomic mass is 9.67. The molecular weight excluding hydrogens is 282 g/mol. The number of methoxy groups -OCH3 is 1. The fraction of sp³-hybridized carbons (Fsp3) is 0.667. The van der Waals surface area contributed by atoms with Gasteiger partial charge in [-0.3, -0.25) is 0 Å². The van der Waals surface area contributed by atoms with Crippen LogP contribution in [0.3, 0.4) is 0 Å². The lowest BCUT2D eigenvalue weighted by molar-refractivity contribution is -0.0873. The average molecular weight is 310 g/mol. The Hall–Kier alpha value is -0.570. The van der Waals surface area contributed by atoms with E-state index in [1.165, 1.54) is 18.4 Å². The lowest BCUT2D eigenvalue weighted by Gasteiger charge is -2.47. The normalized spacial score (nSPS) is 22.0. The maximum absolute atomic E-state index is 6.08. The summed E-state index contributed by atoms with van der Waals surface area (Å²) in [6.45, 7) is 7.80. The van der Waals surface area contributed by atoms with Gasteiger partial charge in [0.1, 0.15) is 0 Å². The fourth-order valence-electron chi connectivity index (χ4n) is 3.43. The van der Waals surface area contributed by atoms with Crippen molar-refractivity contribution < 1.29 is 4.74 Å². The molecule has 1 N–H and O–H groups in total. The number of nitrogens with one attached hydrogen (secondary N) is 1. The zero-order valence-electron chi connectivity index (χ0n) is 13.7. The Morgan fingerprint density at radius 2 is 1.71 bits per heavy atom. The van der Waals surface area contributed by atoms with Crippen molar-refractivity contribution in [2.45, 2.75) is 58.1 Å². The van der Waals surface area contributed by atoms with Crippen molar-refractivity contribution in [3.8, 4) is 0 Å². The predicted molar refractivity (Wildman–Crippen MR) is 89.9 cm³/mol. The molecule has 1 unspecified atom stereocenters. The molecular formula is C18H28ClNO. The van der Waals surface area contributed by atoms with Crippen LogP contribution in [0, 0.1) is 5.41 Å². The first-order chi connectivity index (χ1) is 9.92. The van der Waals surface area contributed by atoms with Crippen molar-refractivity contribution in [2.24, 2.45) is 5.41 Å². The van der Waals surface area contributed by atoms with Crippen molar-refractivity contribution in [1.82, 2.24) is 5.32 Å². The number of hydrogen-bond donors (Lipinski definition) is 1. The van der Waals surface area contributed by atoms with Crippen LogP contribution in [0.25, 0.3) is 0 Å². The molecule has 0 saturated heterocycles. The molecule has 2 rings (SSSR count). The summed E-state index contributed by atoms with van der Waals surface area (Å²) in [5, 5.41) is 4.42. The molecule has 0 amide bonds. The number of rotatable bonds is 5. The second-order valence-corrected chi connectivity index (χ2v) is 7.41. The maximum Gasteiger partial charge on any atom is 0.0872 e. The monoisotopic (exact) mass is 309 g/mol. The summed E-state index contributed by atoms with van der Waals surface area (Å²) in [6, 6.07) is 8.40. The largest absolute Gasteiger partial charge is 0.376 e. The molecule has 1 aliphatic carbocycles. The molecule has 1 aromatic carbocycles. The van der Waals surface area contributed by atoms with Gasteiger partial charge in [-0.05, 0) is 55.3 Å². The number of halogens is 1. The second-order valence-electron chi connectivity index (χ2n) is 6.98. The van der Waals surface area contributed by atoms with Gasteiger partial charge in [0.15, 0.2) is 0 Å². The van der Waals surface area contributed by atoms with Gasteiger partial charge in [-0.2, -0.15) is 0 Å². The summed E-state index contributed by atoms with van der Waals surface area (Å²) in [7, 11) is 1.86. The molecule has 1 atom stereocenters. The zero-order chi connectivity index (χ0) is 15.5. The summed E-state index contributed by atoms with van der Waals surface area (Å²) in [5.74, 6) is 0. The van der Waals surface area contributed by atoms with E-state index in [0.29, 0.717) is 5.41 Å². The highest BCUT2D eigenvalue weighted by atomic mass is 35.5. The summed E-state index contributed by atoms with van der Waals surface area (Å²) in [4.78, 5) is 0. The molecule has 21 heavy (non-hydrogen) atoms. The second kappa shape index (κ2) is 6.68. The quantitative estimate of drug-likeness (QED) is 0.828. The Morgan fingerprint density at radius 3 is 2.19 bits per heavy atom. The van der Waals surface area contributed by atoms with E-state index in [0.717, 1.165) is 24.4 Å². The van der Waals surface area contributed by atoms with Gasteiger partial charge in [-0.25, -0.2) is 0 Å². The highest BCUT2D eigenvalue weighted by Crippen LogP contribution is 2.47. The smallest absolute Gasteiger partial charge is 0.0872 e. The van der Waals surface area contributed by atoms with E-state index >= 15 is 0 Å².